The van der Waals surface area contributed by atoms with Crippen molar-refractivity contribution in [3.63, 3.8) is 0 Å². The van der Waals surface area contributed by atoms with Crippen molar-refractivity contribution >= 4 is 33.7 Å². The molecule has 2 nitrogen and oxygen atoms in total. The molecule has 0 saturated carbocycles. The zero-order valence-corrected chi connectivity index (χ0v) is 11.1. The highest BCUT2D eigenvalue weighted by molar-refractivity contribution is 9.09. The Bertz CT molecular complexity index is 324. The molecule has 1 aromatic carbocycles. The normalized spacial score (nSPS) is 12.2. The van der Waals surface area contributed by atoms with Crippen LogP contribution in [0.3, 0.4) is 0 Å². The summed E-state index contributed by atoms with van der Waals surface area (Å²) in [6.45, 7) is 3.46. The van der Waals surface area contributed by atoms with Gasteiger partial charge in [-0.15, -0.1) is 11.8 Å². The van der Waals surface area contributed by atoms with E-state index in [-0.39, 0.29) is 11.0 Å². The summed E-state index contributed by atoms with van der Waals surface area (Å²) in [6, 6.07) is 8.26. The van der Waals surface area contributed by atoms with E-state index in [0.29, 0.717) is 5.75 Å². The van der Waals surface area contributed by atoms with E-state index < -0.39 is 0 Å². The zero-order chi connectivity index (χ0) is 11.3. The third kappa shape index (κ3) is 5.23. The lowest BCUT2D eigenvalue weighted by Crippen LogP contribution is -2.11. The van der Waals surface area contributed by atoms with Crippen molar-refractivity contribution in [3.05, 3.63) is 29.8 Å². The van der Waals surface area contributed by atoms with Crippen LogP contribution in [0.25, 0.3) is 0 Å². The summed E-state index contributed by atoms with van der Waals surface area (Å²) in [4.78, 5) is 11.8. The highest BCUT2D eigenvalue weighted by Crippen LogP contribution is 2.21. The topological polar surface area (TPSA) is 26.3 Å². The molecule has 0 amide bonds. The van der Waals surface area contributed by atoms with E-state index in [0.717, 1.165) is 0 Å². The highest BCUT2D eigenvalue weighted by atomic mass is 79.9. The molecule has 15 heavy (non-hydrogen) atoms. The summed E-state index contributed by atoms with van der Waals surface area (Å²) in [6.07, 6.45) is 0. The van der Waals surface area contributed by atoms with Crippen LogP contribution in [-0.4, -0.2) is 16.7 Å². The zero-order valence-electron chi connectivity index (χ0n) is 8.70. The van der Waals surface area contributed by atoms with Crippen LogP contribution in [0.15, 0.2) is 29.2 Å². The molecule has 1 rings (SSSR count). The second kappa shape index (κ2) is 6.18. The molecule has 0 fully saturated rings. The molecular formula is C11H13BrO2S. The molecule has 0 aliphatic heterocycles. The number of benzene rings is 1. The average Bonchev–Trinajstić information content (AvgIpc) is 2.16. The molecule has 0 aliphatic rings. The van der Waals surface area contributed by atoms with Gasteiger partial charge in [0.1, 0.15) is 0 Å². The molecule has 1 unspecified atom stereocenters. The number of rotatable bonds is 4. The predicted molar refractivity (Wildman–Crippen MR) is 66.4 cm³/mol. The number of hydrogen-bond acceptors (Lipinski definition) is 3. The minimum atomic E-state index is -0.263. The van der Waals surface area contributed by atoms with Crippen molar-refractivity contribution in [1.29, 1.82) is 0 Å². The van der Waals surface area contributed by atoms with E-state index in [4.69, 9.17) is 4.74 Å². The summed E-state index contributed by atoms with van der Waals surface area (Å²) in [5, 5.41) is -0.221. The summed E-state index contributed by atoms with van der Waals surface area (Å²) in [5.41, 5.74) is 1.25. The summed E-state index contributed by atoms with van der Waals surface area (Å²) >= 11 is 4.94. The molecule has 0 aromatic heterocycles. The second-order valence-electron chi connectivity index (χ2n) is 3.14. The van der Waals surface area contributed by atoms with Crippen LogP contribution in [0.2, 0.25) is 0 Å². The smallest absolute Gasteiger partial charge is 0.303 e. The number of esters is 1. The van der Waals surface area contributed by atoms with Crippen molar-refractivity contribution in [2.24, 2.45) is 0 Å². The molecule has 1 aromatic rings. The van der Waals surface area contributed by atoms with Crippen molar-refractivity contribution < 1.29 is 9.53 Å². The maximum absolute atomic E-state index is 10.6. The van der Waals surface area contributed by atoms with Gasteiger partial charge in [-0.3, -0.25) is 4.79 Å². The van der Waals surface area contributed by atoms with Crippen LogP contribution >= 0.6 is 27.7 Å². The third-order valence-electron chi connectivity index (χ3n) is 1.70. The van der Waals surface area contributed by atoms with E-state index in [1.807, 2.05) is 0 Å². The van der Waals surface area contributed by atoms with Crippen molar-refractivity contribution in [2.45, 2.75) is 23.8 Å². The maximum Gasteiger partial charge on any atom is 0.303 e. The van der Waals surface area contributed by atoms with Crippen LogP contribution in [0.1, 0.15) is 12.5 Å². The molecule has 0 bridgehead atoms. The molecule has 0 heterocycles. The van der Waals surface area contributed by atoms with Gasteiger partial charge in [-0.1, -0.05) is 17.7 Å². The SMILES string of the molecule is CC(=O)OC(Br)CSc1ccc(C)cc1. The lowest BCUT2D eigenvalue weighted by atomic mass is 10.2. The fraction of sp³-hybridized carbons (Fsp3) is 0.364. The Morgan fingerprint density at radius 1 is 1.47 bits per heavy atom. The van der Waals surface area contributed by atoms with Crippen LogP contribution in [0, 0.1) is 6.92 Å². The Hall–Kier alpha value is -0.480. The van der Waals surface area contributed by atoms with Gasteiger partial charge in [-0.2, -0.15) is 0 Å². The molecule has 0 aliphatic carbocycles. The first-order valence-electron chi connectivity index (χ1n) is 4.58. The lowest BCUT2D eigenvalue weighted by molar-refractivity contribution is -0.141. The van der Waals surface area contributed by atoms with Crippen LogP contribution < -0.4 is 0 Å². The van der Waals surface area contributed by atoms with E-state index in [1.165, 1.54) is 17.4 Å². The van der Waals surface area contributed by atoms with Crippen LogP contribution in [-0.2, 0) is 9.53 Å². The highest BCUT2D eigenvalue weighted by Gasteiger charge is 2.07. The van der Waals surface area contributed by atoms with Gasteiger partial charge in [-0.05, 0) is 35.0 Å². The third-order valence-corrected chi connectivity index (χ3v) is 3.71. The Labute approximate surface area is 103 Å². The fourth-order valence-electron chi connectivity index (χ4n) is 1.01. The quantitative estimate of drug-likeness (QED) is 0.483. The number of aryl methyl sites for hydroxylation is 1. The van der Waals surface area contributed by atoms with Gasteiger partial charge in [0.15, 0.2) is 5.01 Å². The van der Waals surface area contributed by atoms with Gasteiger partial charge in [-0.25, -0.2) is 0 Å². The Kier molecular flexibility index (Phi) is 5.19. The van der Waals surface area contributed by atoms with E-state index in [9.17, 15) is 4.79 Å². The number of thioether (sulfide) groups is 1. The predicted octanol–water partition coefficient (Wildman–Crippen LogP) is 3.37. The van der Waals surface area contributed by atoms with Gasteiger partial charge >= 0.3 is 5.97 Å². The number of halogens is 1. The first-order valence-corrected chi connectivity index (χ1v) is 6.49. The van der Waals surface area contributed by atoms with Gasteiger partial charge < -0.3 is 4.74 Å². The molecule has 0 saturated heterocycles. The number of alkyl halides is 1. The van der Waals surface area contributed by atoms with Crippen molar-refractivity contribution in [3.8, 4) is 0 Å². The van der Waals surface area contributed by atoms with Crippen LogP contribution in [0.4, 0.5) is 0 Å². The fourth-order valence-corrected chi connectivity index (χ4v) is 2.39. The Morgan fingerprint density at radius 3 is 2.60 bits per heavy atom. The molecule has 0 N–H and O–H groups in total. The van der Waals surface area contributed by atoms with Crippen LogP contribution in [0.5, 0.6) is 0 Å². The summed E-state index contributed by atoms with van der Waals surface area (Å²) in [5.74, 6) is 0.448. The minimum Gasteiger partial charge on any atom is -0.450 e. The maximum atomic E-state index is 10.6. The number of ether oxygens (including phenoxy) is 1. The van der Waals surface area contributed by atoms with Crippen molar-refractivity contribution in [2.75, 3.05) is 5.75 Å². The van der Waals surface area contributed by atoms with Crippen molar-refractivity contribution in [1.82, 2.24) is 0 Å². The van der Waals surface area contributed by atoms with E-state index in [1.54, 1.807) is 11.8 Å². The lowest BCUT2D eigenvalue weighted by Gasteiger charge is -2.09. The average molecular weight is 289 g/mol. The standard InChI is InChI=1S/C11H13BrO2S/c1-8-3-5-10(6-4-8)15-7-11(12)14-9(2)13/h3-6,11H,7H2,1-2H3. The first kappa shape index (κ1) is 12.6. The van der Waals surface area contributed by atoms with Gasteiger partial charge in [0.05, 0.1) is 0 Å². The number of carbonyl (C=O) groups excluding carboxylic acids is 1. The minimum absolute atomic E-state index is 0.221. The van der Waals surface area contributed by atoms with E-state index >= 15 is 0 Å². The molecular weight excluding hydrogens is 276 g/mol. The molecule has 4 heteroatoms. The molecule has 0 radical (unpaired) electrons. The summed E-state index contributed by atoms with van der Waals surface area (Å²) in [7, 11) is 0. The molecule has 82 valence electrons. The Balaban J connectivity index is 2.36. The molecule has 1 atom stereocenters. The largest absolute Gasteiger partial charge is 0.450 e. The Morgan fingerprint density at radius 2 is 2.07 bits per heavy atom. The van der Waals surface area contributed by atoms with Gasteiger partial charge in [0.2, 0.25) is 0 Å². The van der Waals surface area contributed by atoms with Gasteiger partial charge in [0.25, 0.3) is 0 Å². The number of carbonyl (C=O) groups is 1. The number of hydrogen-bond donors (Lipinski definition) is 0. The molecule has 0 spiro atoms. The van der Waals surface area contributed by atoms with Gasteiger partial charge in [0, 0.05) is 17.6 Å². The van der Waals surface area contributed by atoms with E-state index in [2.05, 4.69) is 47.1 Å². The monoisotopic (exact) mass is 288 g/mol. The first-order chi connectivity index (χ1) is 7.08. The summed E-state index contributed by atoms with van der Waals surface area (Å²) < 4.78 is 4.95. The second-order valence-corrected chi connectivity index (χ2v) is 5.26.